The lowest BCUT2D eigenvalue weighted by Crippen LogP contribution is -1.97. The number of aryl methyl sites for hydroxylation is 1. The van der Waals surface area contributed by atoms with E-state index >= 15 is 0 Å². The highest BCUT2D eigenvalue weighted by atomic mass is 16.5. The Kier molecular flexibility index (Phi) is 4.76. The van der Waals surface area contributed by atoms with Gasteiger partial charge in [-0.2, -0.15) is 0 Å². The van der Waals surface area contributed by atoms with Crippen LogP contribution in [0.4, 0.5) is 0 Å². The predicted molar refractivity (Wildman–Crippen MR) is 73.7 cm³/mol. The zero-order valence-corrected chi connectivity index (χ0v) is 11.3. The topological polar surface area (TPSA) is 72.6 Å². The van der Waals surface area contributed by atoms with Crippen LogP contribution in [0, 0.1) is 0 Å². The van der Waals surface area contributed by atoms with Crippen LogP contribution in [0.2, 0.25) is 0 Å². The van der Waals surface area contributed by atoms with E-state index in [1.165, 1.54) is 0 Å². The van der Waals surface area contributed by atoms with Crippen molar-refractivity contribution in [2.24, 2.45) is 0 Å². The van der Waals surface area contributed by atoms with Crippen molar-refractivity contribution in [2.45, 2.75) is 26.2 Å². The van der Waals surface area contributed by atoms with Crippen molar-refractivity contribution in [3.63, 3.8) is 0 Å². The first-order chi connectivity index (χ1) is 9.69. The molecule has 20 heavy (non-hydrogen) atoms. The van der Waals surface area contributed by atoms with Crippen molar-refractivity contribution in [1.29, 1.82) is 0 Å². The van der Waals surface area contributed by atoms with E-state index in [1.54, 1.807) is 6.20 Å². The van der Waals surface area contributed by atoms with Gasteiger partial charge in [0.05, 0.1) is 19.2 Å². The highest BCUT2D eigenvalue weighted by Crippen LogP contribution is 2.23. The third-order valence-electron chi connectivity index (χ3n) is 2.72. The van der Waals surface area contributed by atoms with Crippen molar-refractivity contribution in [3.8, 4) is 17.1 Å². The van der Waals surface area contributed by atoms with E-state index in [0.29, 0.717) is 24.7 Å². The number of carboxylic acids is 1. The van der Waals surface area contributed by atoms with E-state index < -0.39 is 5.97 Å². The minimum atomic E-state index is -0.859. The molecule has 0 aliphatic carbocycles. The summed E-state index contributed by atoms with van der Waals surface area (Å²) in [4.78, 5) is 14.6. The van der Waals surface area contributed by atoms with Crippen LogP contribution in [0.1, 0.15) is 25.7 Å². The van der Waals surface area contributed by atoms with Gasteiger partial charge in [-0.1, -0.05) is 6.92 Å². The molecular formula is C15H17NO4. The highest BCUT2D eigenvalue weighted by Gasteiger charge is 2.08. The van der Waals surface area contributed by atoms with E-state index in [1.807, 2.05) is 24.3 Å². The number of oxazole rings is 1. The van der Waals surface area contributed by atoms with E-state index in [4.69, 9.17) is 14.3 Å². The van der Waals surface area contributed by atoms with Crippen LogP contribution in [0.15, 0.2) is 34.9 Å². The maximum Gasteiger partial charge on any atom is 0.303 e. The summed E-state index contributed by atoms with van der Waals surface area (Å²) in [7, 11) is 0. The number of nitrogens with zero attached hydrogens (tertiary/aromatic N) is 1. The van der Waals surface area contributed by atoms with Gasteiger partial charge in [0.2, 0.25) is 0 Å². The van der Waals surface area contributed by atoms with Gasteiger partial charge in [0, 0.05) is 12.0 Å². The van der Waals surface area contributed by atoms with E-state index in [-0.39, 0.29) is 6.42 Å². The molecule has 5 heteroatoms. The Balaban J connectivity index is 2.02. The molecule has 0 amide bonds. The van der Waals surface area contributed by atoms with Gasteiger partial charge >= 0.3 is 5.97 Å². The molecule has 2 rings (SSSR count). The maximum absolute atomic E-state index is 10.5. The average Bonchev–Trinajstić information content (AvgIpc) is 2.92. The quantitative estimate of drug-likeness (QED) is 0.840. The minimum absolute atomic E-state index is 0.0176. The number of rotatable bonds is 7. The first kappa shape index (κ1) is 14.1. The van der Waals surface area contributed by atoms with Gasteiger partial charge in [-0.25, -0.2) is 4.98 Å². The molecule has 0 atom stereocenters. The van der Waals surface area contributed by atoms with Gasteiger partial charge in [0.25, 0.3) is 0 Å². The van der Waals surface area contributed by atoms with Crippen LogP contribution in [-0.4, -0.2) is 22.7 Å². The van der Waals surface area contributed by atoms with Gasteiger partial charge < -0.3 is 14.3 Å². The van der Waals surface area contributed by atoms with Crippen molar-refractivity contribution >= 4 is 5.97 Å². The Morgan fingerprint density at radius 3 is 2.75 bits per heavy atom. The van der Waals surface area contributed by atoms with Gasteiger partial charge in [0.1, 0.15) is 5.75 Å². The van der Waals surface area contributed by atoms with Crippen LogP contribution < -0.4 is 4.74 Å². The summed E-state index contributed by atoms with van der Waals surface area (Å²) in [6, 6.07) is 7.55. The van der Waals surface area contributed by atoms with Crippen molar-refractivity contribution in [3.05, 3.63) is 36.4 Å². The highest BCUT2D eigenvalue weighted by molar-refractivity contribution is 5.66. The summed E-state index contributed by atoms with van der Waals surface area (Å²) in [6.45, 7) is 2.75. The van der Waals surface area contributed by atoms with Crippen LogP contribution in [0.5, 0.6) is 5.75 Å². The number of carbonyl (C=O) groups is 1. The molecule has 1 aromatic heterocycles. The second-order valence-corrected chi connectivity index (χ2v) is 4.38. The molecular weight excluding hydrogens is 258 g/mol. The molecule has 0 aliphatic heterocycles. The number of hydrogen-bond acceptors (Lipinski definition) is 4. The lowest BCUT2D eigenvalue weighted by atomic mass is 10.2. The molecule has 0 saturated carbocycles. The maximum atomic E-state index is 10.5. The van der Waals surface area contributed by atoms with E-state index in [2.05, 4.69) is 11.9 Å². The molecule has 0 fully saturated rings. The average molecular weight is 275 g/mol. The van der Waals surface area contributed by atoms with E-state index in [0.717, 1.165) is 17.7 Å². The predicted octanol–water partition coefficient (Wildman–Crippen LogP) is 3.15. The molecule has 1 N–H and O–H groups in total. The molecule has 0 saturated heterocycles. The first-order valence-electron chi connectivity index (χ1n) is 6.58. The lowest BCUT2D eigenvalue weighted by molar-refractivity contribution is -0.137. The van der Waals surface area contributed by atoms with Crippen LogP contribution in [-0.2, 0) is 11.2 Å². The fraction of sp³-hybridized carbons (Fsp3) is 0.333. The molecule has 106 valence electrons. The fourth-order valence-electron chi connectivity index (χ4n) is 1.71. The normalized spacial score (nSPS) is 10.4. The largest absolute Gasteiger partial charge is 0.494 e. The Bertz CT molecular complexity index is 560. The molecule has 5 nitrogen and oxygen atoms in total. The molecule has 1 aromatic carbocycles. The SMILES string of the molecule is CCCOc1ccc(-c2cnc(CCC(=O)O)o2)cc1. The van der Waals surface area contributed by atoms with Crippen LogP contribution in [0.3, 0.4) is 0 Å². The third-order valence-corrected chi connectivity index (χ3v) is 2.72. The van der Waals surface area contributed by atoms with Crippen molar-refractivity contribution in [2.75, 3.05) is 6.61 Å². The molecule has 0 spiro atoms. The second kappa shape index (κ2) is 6.75. The molecule has 0 aliphatic rings. The van der Waals surface area contributed by atoms with Crippen molar-refractivity contribution < 1.29 is 19.1 Å². The van der Waals surface area contributed by atoms with Gasteiger partial charge in [-0.05, 0) is 30.7 Å². The zero-order chi connectivity index (χ0) is 14.4. The van der Waals surface area contributed by atoms with Gasteiger partial charge in [-0.15, -0.1) is 0 Å². The Morgan fingerprint density at radius 2 is 2.10 bits per heavy atom. The molecule has 1 heterocycles. The molecule has 0 radical (unpaired) electrons. The van der Waals surface area contributed by atoms with Crippen LogP contribution >= 0.6 is 0 Å². The Hall–Kier alpha value is -2.30. The number of ether oxygens (including phenoxy) is 1. The van der Waals surface area contributed by atoms with Crippen molar-refractivity contribution in [1.82, 2.24) is 4.98 Å². The smallest absolute Gasteiger partial charge is 0.303 e. The number of benzene rings is 1. The van der Waals surface area contributed by atoms with E-state index in [9.17, 15) is 4.79 Å². The summed E-state index contributed by atoms with van der Waals surface area (Å²) in [5.74, 6) is 1.03. The standard InChI is InChI=1S/C15H17NO4/c1-2-9-19-12-5-3-11(4-6-12)13-10-16-14(20-13)7-8-15(17)18/h3-6,10H,2,7-9H2,1H3,(H,17,18). The van der Waals surface area contributed by atoms with Crippen LogP contribution in [0.25, 0.3) is 11.3 Å². The summed E-state index contributed by atoms with van der Waals surface area (Å²) in [6.07, 6.45) is 2.90. The van der Waals surface area contributed by atoms with Gasteiger partial charge in [0.15, 0.2) is 11.7 Å². The zero-order valence-electron chi connectivity index (χ0n) is 11.3. The number of carboxylic acid groups (broad SMARTS) is 1. The number of aliphatic carboxylic acids is 1. The van der Waals surface area contributed by atoms with Gasteiger partial charge in [-0.3, -0.25) is 4.79 Å². The molecule has 0 bridgehead atoms. The minimum Gasteiger partial charge on any atom is -0.494 e. The first-order valence-corrected chi connectivity index (χ1v) is 6.58. The number of aromatic nitrogens is 1. The Morgan fingerprint density at radius 1 is 1.35 bits per heavy atom. The molecule has 2 aromatic rings. The molecule has 0 unspecified atom stereocenters. The summed E-state index contributed by atoms with van der Waals surface area (Å²) >= 11 is 0. The summed E-state index contributed by atoms with van der Waals surface area (Å²) in [5, 5.41) is 8.62. The fourth-order valence-corrected chi connectivity index (χ4v) is 1.71. The Labute approximate surface area is 117 Å². The third kappa shape index (κ3) is 3.85. The summed E-state index contributed by atoms with van der Waals surface area (Å²) < 4.78 is 11.0. The lowest BCUT2D eigenvalue weighted by Gasteiger charge is -2.04. The number of hydrogen-bond donors (Lipinski definition) is 1. The monoisotopic (exact) mass is 275 g/mol. The second-order valence-electron chi connectivity index (χ2n) is 4.38. The summed E-state index contributed by atoms with van der Waals surface area (Å²) in [5.41, 5.74) is 0.892.